The van der Waals surface area contributed by atoms with Gasteiger partial charge in [-0.2, -0.15) is 0 Å². The number of carbonyl (C=O) groups is 1. The van der Waals surface area contributed by atoms with Crippen molar-refractivity contribution in [1.82, 2.24) is 10.2 Å². The summed E-state index contributed by atoms with van der Waals surface area (Å²) in [5.41, 5.74) is 1.79. The van der Waals surface area contributed by atoms with Crippen LogP contribution in [0.2, 0.25) is 0 Å². The van der Waals surface area contributed by atoms with Gasteiger partial charge in [0.05, 0.1) is 6.10 Å². The van der Waals surface area contributed by atoms with Crippen molar-refractivity contribution in [3.63, 3.8) is 0 Å². The summed E-state index contributed by atoms with van der Waals surface area (Å²) in [5.74, 6) is -0.143. The van der Waals surface area contributed by atoms with Crippen LogP contribution in [0.5, 0.6) is 0 Å². The van der Waals surface area contributed by atoms with Crippen molar-refractivity contribution in [2.75, 3.05) is 44.7 Å². The third-order valence-corrected chi connectivity index (χ3v) is 3.56. The highest BCUT2D eigenvalue weighted by Crippen LogP contribution is 2.17. The topological polar surface area (TPSA) is 55.8 Å². The fraction of sp³-hybridized carbons (Fsp3) is 0.533. The number of aliphatic hydroxyl groups is 1. The molecule has 1 aliphatic heterocycles. The summed E-state index contributed by atoms with van der Waals surface area (Å²) in [7, 11) is 2.13. The smallest absolute Gasteiger partial charge is 0.251 e. The van der Waals surface area contributed by atoms with E-state index < -0.39 is 6.10 Å². The first-order chi connectivity index (χ1) is 9.56. The van der Waals surface area contributed by atoms with E-state index in [2.05, 4.69) is 22.2 Å². The van der Waals surface area contributed by atoms with E-state index in [1.807, 2.05) is 24.3 Å². The van der Waals surface area contributed by atoms with Gasteiger partial charge in [-0.3, -0.25) is 4.79 Å². The predicted molar refractivity (Wildman–Crippen MR) is 80.2 cm³/mol. The van der Waals surface area contributed by atoms with Crippen LogP contribution in [0.15, 0.2) is 24.3 Å². The summed E-state index contributed by atoms with van der Waals surface area (Å²) < 4.78 is 0. The molecule has 5 heteroatoms. The number of anilines is 1. The standard InChI is InChI=1S/C15H23N3O2/c1-12(19)11-16-15(20)13-3-5-14(6-4-13)18-9-7-17(2)8-10-18/h3-6,12,19H,7-11H2,1-2H3,(H,16,20). The van der Waals surface area contributed by atoms with Crippen LogP contribution in [0.4, 0.5) is 5.69 Å². The maximum atomic E-state index is 11.8. The van der Waals surface area contributed by atoms with Gasteiger partial charge in [0.2, 0.25) is 0 Å². The summed E-state index contributed by atoms with van der Waals surface area (Å²) in [5, 5.41) is 11.9. The largest absolute Gasteiger partial charge is 0.392 e. The van der Waals surface area contributed by atoms with E-state index in [1.165, 1.54) is 0 Å². The second-order valence-corrected chi connectivity index (χ2v) is 5.40. The monoisotopic (exact) mass is 277 g/mol. The second kappa shape index (κ2) is 6.72. The van der Waals surface area contributed by atoms with E-state index in [0.717, 1.165) is 31.9 Å². The molecular weight excluding hydrogens is 254 g/mol. The van der Waals surface area contributed by atoms with E-state index >= 15 is 0 Å². The zero-order chi connectivity index (χ0) is 14.5. The number of likely N-dealkylation sites (N-methyl/N-ethyl adjacent to an activating group) is 1. The first-order valence-electron chi connectivity index (χ1n) is 7.06. The third-order valence-electron chi connectivity index (χ3n) is 3.56. The Bertz CT molecular complexity index is 437. The van der Waals surface area contributed by atoms with E-state index in [1.54, 1.807) is 6.92 Å². The maximum Gasteiger partial charge on any atom is 0.251 e. The lowest BCUT2D eigenvalue weighted by atomic mass is 10.1. The van der Waals surface area contributed by atoms with Crippen LogP contribution < -0.4 is 10.2 Å². The van der Waals surface area contributed by atoms with Crippen molar-refractivity contribution >= 4 is 11.6 Å². The van der Waals surface area contributed by atoms with Crippen LogP contribution in [-0.4, -0.2) is 61.8 Å². The lowest BCUT2D eigenvalue weighted by Gasteiger charge is -2.34. The lowest BCUT2D eigenvalue weighted by molar-refractivity contribution is 0.0924. The second-order valence-electron chi connectivity index (χ2n) is 5.40. The Morgan fingerprint density at radius 3 is 2.40 bits per heavy atom. The minimum Gasteiger partial charge on any atom is -0.392 e. The van der Waals surface area contributed by atoms with Gasteiger partial charge in [0.25, 0.3) is 5.91 Å². The number of piperazine rings is 1. The van der Waals surface area contributed by atoms with E-state index in [0.29, 0.717) is 5.56 Å². The number of amides is 1. The number of aliphatic hydroxyl groups excluding tert-OH is 1. The Morgan fingerprint density at radius 2 is 1.85 bits per heavy atom. The summed E-state index contributed by atoms with van der Waals surface area (Å²) in [4.78, 5) is 16.5. The van der Waals surface area contributed by atoms with Gasteiger partial charge in [0.1, 0.15) is 0 Å². The summed E-state index contributed by atoms with van der Waals surface area (Å²) in [6.07, 6.45) is -0.524. The first kappa shape index (κ1) is 14.8. The minimum absolute atomic E-state index is 0.143. The molecule has 0 saturated carbocycles. The molecule has 5 nitrogen and oxygen atoms in total. The number of carbonyl (C=O) groups excluding carboxylic acids is 1. The quantitative estimate of drug-likeness (QED) is 0.844. The molecule has 1 unspecified atom stereocenters. The molecule has 0 spiro atoms. The first-order valence-corrected chi connectivity index (χ1v) is 7.06. The van der Waals surface area contributed by atoms with Crippen molar-refractivity contribution in [2.24, 2.45) is 0 Å². The Balaban J connectivity index is 1.94. The fourth-order valence-corrected chi connectivity index (χ4v) is 2.23. The van der Waals surface area contributed by atoms with Gasteiger partial charge < -0.3 is 20.2 Å². The number of nitrogens with zero attached hydrogens (tertiary/aromatic N) is 2. The highest BCUT2D eigenvalue weighted by Gasteiger charge is 2.14. The van der Waals surface area contributed by atoms with Crippen molar-refractivity contribution in [2.45, 2.75) is 13.0 Å². The molecule has 1 heterocycles. The van der Waals surface area contributed by atoms with Crippen LogP contribution in [-0.2, 0) is 0 Å². The molecule has 2 rings (SSSR count). The molecule has 0 radical (unpaired) electrons. The summed E-state index contributed by atoms with van der Waals surface area (Å²) >= 11 is 0. The van der Waals surface area contributed by atoms with Crippen LogP contribution >= 0.6 is 0 Å². The average Bonchev–Trinajstić information content (AvgIpc) is 2.46. The molecule has 1 atom stereocenters. The van der Waals surface area contributed by atoms with Gasteiger partial charge in [0.15, 0.2) is 0 Å². The molecule has 1 aromatic rings. The Kier molecular flexibility index (Phi) is 4.98. The number of hydrogen-bond donors (Lipinski definition) is 2. The molecule has 1 amide bonds. The molecule has 1 fully saturated rings. The van der Waals surface area contributed by atoms with Gasteiger partial charge in [-0.25, -0.2) is 0 Å². The summed E-state index contributed by atoms with van der Waals surface area (Å²) in [6, 6.07) is 7.65. The highest BCUT2D eigenvalue weighted by molar-refractivity contribution is 5.94. The van der Waals surface area contributed by atoms with Crippen molar-refractivity contribution in [3.8, 4) is 0 Å². The number of nitrogens with one attached hydrogen (secondary N) is 1. The van der Waals surface area contributed by atoms with Crippen LogP contribution in [0.25, 0.3) is 0 Å². The normalized spacial score (nSPS) is 17.9. The van der Waals surface area contributed by atoms with E-state index in [9.17, 15) is 4.79 Å². The van der Waals surface area contributed by atoms with Crippen LogP contribution in [0.1, 0.15) is 17.3 Å². The highest BCUT2D eigenvalue weighted by atomic mass is 16.3. The predicted octanol–water partition coefficient (Wildman–Crippen LogP) is 0.549. The minimum atomic E-state index is -0.524. The van der Waals surface area contributed by atoms with Crippen molar-refractivity contribution in [1.29, 1.82) is 0 Å². The van der Waals surface area contributed by atoms with Crippen LogP contribution in [0, 0.1) is 0 Å². The Morgan fingerprint density at radius 1 is 1.25 bits per heavy atom. The van der Waals surface area contributed by atoms with Gasteiger partial charge in [-0.05, 0) is 38.2 Å². The average molecular weight is 277 g/mol. The van der Waals surface area contributed by atoms with Crippen molar-refractivity contribution < 1.29 is 9.90 Å². The maximum absolute atomic E-state index is 11.8. The SMILES string of the molecule is CC(O)CNC(=O)c1ccc(N2CCN(C)CC2)cc1. The lowest BCUT2D eigenvalue weighted by Crippen LogP contribution is -2.44. The third kappa shape index (κ3) is 3.95. The molecule has 20 heavy (non-hydrogen) atoms. The zero-order valence-electron chi connectivity index (χ0n) is 12.2. The molecule has 0 aromatic heterocycles. The van der Waals surface area contributed by atoms with Gasteiger partial charge in [-0.15, -0.1) is 0 Å². The molecule has 2 N–H and O–H groups in total. The molecule has 1 aromatic carbocycles. The van der Waals surface area contributed by atoms with Crippen LogP contribution in [0.3, 0.4) is 0 Å². The number of rotatable bonds is 4. The van der Waals surface area contributed by atoms with Crippen molar-refractivity contribution in [3.05, 3.63) is 29.8 Å². The number of hydrogen-bond acceptors (Lipinski definition) is 4. The summed E-state index contributed by atoms with van der Waals surface area (Å²) in [6.45, 7) is 6.09. The number of benzene rings is 1. The molecule has 110 valence electrons. The van der Waals surface area contributed by atoms with Gasteiger partial charge in [0, 0.05) is 44.0 Å². The van der Waals surface area contributed by atoms with E-state index in [4.69, 9.17) is 5.11 Å². The van der Waals surface area contributed by atoms with Gasteiger partial charge in [-0.1, -0.05) is 0 Å². The Hall–Kier alpha value is -1.59. The zero-order valence-corrected chi connectivity index (χ0v) is 12.2. The van der Waals surface area contributed by atoms with Gasteiger partial charge >= 0.3 is 0 Å². The molecule has 0 bridgehead atoms. The molecular formula is C15H23N3O2. The molecule has 0 aliphatic carbocycles. The molecule has 1 aliphatic rings. The van der Waals surface area contributed by atoms with E-state index in [-0.39, 0.29) is 12.5 Å². The fourth-order valence-electron chi connectivity index (χ4n) is 2.23. The Labute approximate surface area is 120 Å². The molecule has 1 saturated heterocycles.